The summed E-state index contributed by atoms with van der Waals surface area (Å²) in [6.07, 6.45) is 3.39. The number of benzene rings is 2. The summed E-state index contributed by atoms with van der Waals surface area (Å²) in [5.74, 6) is 0.419. The molecule has 0 radical (unpaired) electrons. The van der Waals surface area contributed by atoms with E-state index in [1.807, 2.05) is 0 Å². The van der Waals surface area contributed by atoms with Gasteiger partial charge in [0.2, 0.25) is 11.8 Å². The first kappa shape index (κ1) is 20.8. The monoisotopic (exact) mass is 461 g/mol. The zero-order chi connectivity index (χ0) is 22.8. The Morgan fingerprint density at radius 2 is 1.70 bits per heavy atom. The molecule has 2 aromatic carbocycles. The lowest BCUT2D eigenvalue weighted by Crippen LogP contribution is -2.15. The molecule has 33 heavy (non-hydrogen) atoms. The van der Waals surface area contributed by atoms with Crippen molar-refractivity contribution in [3.8, 4) is 23.0 Å². The van der Waals surface area contributed by atoms with Crippen LogP contribution in [0.2, 0.25) is 0 Å². The van der Waals surface area contributed by atoms with Gasteiger partial charge in [0.25, 0.3) is 15.9 Å². The SMILES string of the molecule is O=C(Nc1cccc(NS(=O)(=O)c2cccc(-c3nnc(-c4ccccn4)o3)c2)c1)C1CC1. The molecule has 1 amide bonds. The molecule has 1 aliphatic rings. The minimum Gasteiger partial charge on any atom is -0.415 e. The number of nitrogens with one attached hydrogen (secondary N) is 2. The van der Waals surface area contributed by atoms with Crippen molar-refractivity contribution in [3.63, 3.8) is 0 Å². The highest BCUT2D eigenvalue weighted by molar-refractivity contribution is 7.92. The second-order valence-electron chi connectivity index (χ2n) is 7.61. The Balaban J connectivity index is 1.36. The zero-order valence-electron chi connectivity index (χ0n) is 17.3. The molecule has 4 aromatic rings. The lowest BCUT2D eigenvalue weighted by Gasteiger charge is -2.11. The lowest BCUT2D eigenvalue weighted by molar-refractivity contribution is -0.117. The molecule has 1 saturated carbocycles. The maximum Gasteiger partial charge on any atom is 0.266 e. The van der Waals surface area contributed by atoms with Crippen LogP contribution in [-0.4, -0.2) is 29.5 Å². The van der Waals surface area contributed by atoms with E-state index in [-0.39, 0.29) is 28.5 Å². The Labute approximate surface area is 190 Å². The molecule has 2 N–H and O–H groups in total. The molecule has 0 spiro atoms. The van der Waals surface area contributed by atoms with Crippen molar-refractivity contribution >= 4 is 27.3 Å². The Morgan fingerprint density at radius 3 is 2.48 bits per heavy atom. The molecule has 1 aliphatic carbocycles. The van der Waals surface area contributed by atoms with Crippen molar-refractivity contribution in [3.05, 3.63) is 72.9 Å². The number of amides is 1. The Hall–Kier alpha value is -4.05. The van der Waals surface area contributed by atoms with Crippen LogP contribution in [0.3, 0.4) is 0 Å². The Morgan fingerprint density at radius 1 is 0.909 bits per heavy atom. The van der Waals surface area contributed by atoms with Crippen LogP contribution < -0.4 is 10.0 Å². The maximum absolute atomic E-state index is 13.0. The number of nitrogens with zero attached hydrogens (tertiary/aromatic N) is 3. The van der Waals surface area contributed by atoms with Gasteiger partial charge in [0.05, 0.1) is 10.6 Å². The highest BCUT2D eigenvalue weighted by Gasteiger charge is 2.29. The lowest BCUT2D eigenvalue weighted by atomic mass is 10.2. The maximum atomic E-state index is 13.0. The van der Waals surface area contributed by atoms with Gasteiger partial charge in [-0.2, -0.15) is 0 Å². The van der Waals surface area contributed by atoms with E-state index in [1.54, 1.807) is 60.8 Å². The third-order valence-electron chi connectivity index (χ3n) is 5.03. The fourth-order valence-electron chi connectivity index (χ4n) is 3.19. The van der Waals surface area contributed by atoms with E-state index >= 15 is 0 Å². The Kier molecular flexibility index (Phi) is 5.35. The van der Waals surface area contributed by atoms with E-state index in [1.165, 1.54) is 12.1 Å². The third kappa shape index (κ3) is 4.75. The summed E-state index contributed by atoms with van der Waals surface area (Å²) in [5, 5.41) is 10.8. The van der Waals surface area contributed by atoms with Gasteiger partial charge in [0, 0.05) is 23.4 Å². The molecule has 0 aliphatic heterocycles. The largest absolute Gasteiger partial charge is 0.415 e. The van der Waals surface area contributed by atoms with Crippen LogP contribution in [0.25, 0.3) is 23.0 Å². The predicted molar refractivity (Wildman–Crippen MR) is 122 cm³/mol. The molecule has 1 fully saturated rings. The zero-order valence-corrected chi connectivity index (χ0v) is 18.1. The summed E-state index contributed by atoms with van der Waals surface area (Å²) in [6, 6.07) is 18.1. The van der Waals surface area contributed by atoms with Gasteiger partial charge in [-0.3, -0.25) is 14.5 Å². The number of anilines is 2. The first-order valence-corrected chi connectivity index (χ1v) is 11.8. The van der Waals surface area contributed by atoms with E-state index in [0.29, 0.717) is 22.6 Å². The summed E-state index contributed by atoms with van der Waals surface area (Å²) in [4.78, 5) is 16.2. The van der Waals surface area contributed by atoms with Crippen molar-refractivity contribution in [2.24, 2.45) is 5.92 Å². The number of hydrogen-bond acceptors (Lipinski definition) is 7. The van der Waals surface area contributed by atoms with Crippen LogP contribution in [0.1, 0.15) is 12.8 Å². The first-order chi connectivity index (χ1) is 16.0. The van der Waals surface area contributed by atoms with Crippen LogP contribution in [-0.2, 0) is 14.8 Å². The molecule has 0 unspecified atom stereocenters. The average Bonchev–Trinajstić information content (AvgIpc) is 3.56. The molecular weight excluding hydrogens is 442 g/mol. The van der Waals surface area contributed by atoms with Crippen molar-refractivity contribution in [2.45, 2.75) is 17.7 Å². The number of hydrogen-bond donors (Lipinski definition) is 2. The molecule has 0 saturated heterocycles. The summed E-state index contributed by atoms with van der Waals surface area (Å²) >= 11 is 0. The summed E-state index contributed by atoms with van der Waals surface area (Å²) in [7, 11) is -3.90. The summed E-state index contributed by atoms with van der Waals surface area (Å²) in [5.41, 5.74) is 1.85. The van der Waals surface area contributed by atoms with Gasteiger partial charge in [0.15, 0.2) is 0 Å². The first-order valence-electron chi connectivity index (χ1n) is 10.3. The van der Waals surface area contributed by atoms with E-state index in [4.69, 9.17) is 4.42 Å². The van der Waals surface area contributed by atoms with Crippen molar-refractivity contribution in [1.29, 1.82) is 0 Å². The van der Waals surface area contributed by atoms with Gasteiger partial charge < -0.3 is 9.73 Å². The number of rotatable bonds is 7. The summed E-state index contributed by atoms with van der Waals surface area (Å²) in [6.45, 7) is 0. The second-order valence-corrected chi connectivity index (χ2v) is 9.29. The highest BCUT2D eigenvalue weighted by Crippen LogP contribution is 2.31. The van der Waals surface area contributed by atoms with Gasteiger partial charge in [-0.15, -0.1) is 10.2 Å². The van der Waals surface area contributed by atoms with Gasteiger partial charge in [-0.1, -0.05) is 18.2 Å². The molecule has 2 heterocycles. The van der Waals surface area contributed by atoms with E-state index in [0.717, 1.165) is 12.8 Å². The molecule has 0 atom stereocenters. The van der Waals surface area contributed by atoms with Crippen LogP contribution in [0.15, 0.2) is 82.2 Å². The molecule has 0 bridgehead atoms. The van der Waals surface area contributed by atoms with Crippen LogP contribution in [0, 0.1) is 5.92 Å². The van der Waals surface area contributed by atoms with E-state index in [9.17, 15) is 13.2 Å². The Bertz CT molecular complexity index is 1420. The van der Waals surface area contributed by atoms with E-state index in [2.05, 4.69) is 25.2 Å². The average molecular weight is 462 g/mol. The van der Waals surface area contributed by atoms with Crippen LogP contribution >= 0.6 is 0 Å². The molecule has 2 aromatic heterocycles. The minimum absolute atomic E-state index is 0.0324. The molecular formula is C23H19N5O4S. The van der Waals surface area contributed by atoms with Gasteiger partial charge >= 0.3 is 0 Å². The van der Waals surface area contributed by atoms with Crippen LogP contribution in [0.5, 0.6) is 0 Å². The third-order valence-corrected chi connectivity index (χ3v) is 6.41. The van der Waals surface area contributed by atoms with Gasteiger partial charge in [0.1, 0.15) is 5.69 Å². The smallest absolute Gasteiger partial charge is 0.266 e. The number of sulfonamides is 1. The normalized spacial score (nSPS) is 13.5. The van der Waals surface area contributed by atoms with Gasteiger partial charge in [-0.25, -0.2) is 8.42 Å². The second kappa shape index (κ2) is 8.47. The topological polar surface area (TPSA) is 127 Å². The molecule has 10 heteroatoms. The fourth-order valence-corrected chi connectivity index (χ4v) is 4.29. The van der Waals surface area contributed by atoms with Crippen molar-refractivity contribution in [2.75, 3.05) is 10.0 Å². The quantitative estimate of drug-likeness (QED) is 0.427. The minimum atomic E-state index is -3.90. The van der Waals surface area contributed by atoms with Gasteiger partial charge in [-0.05, 0) is 61.4 Å². The van der Waals surface area contributed by atoms with Crippen LogP contribution in [0.4, 0.5) is 11.4 Å². The highest BCUT2D eigenvalue weighted by atomic mass is 32.2. The van der Waals surface area contributed by atoms with Crippen molar-refractivity contribution in [1.82, 2.24) is 15.2 Å². The van der Waals surface area contributed by atoms with E-state index < -0.39 is 10.0 Å². The molecule has 5 rings (SSSR count). The van der Waals surface area contributed by atoms with Crippen molar-refractivity contribution < 1.29 is 17.6 Å². The number of carbonyl (C=O) groups excluding carboxylic acids is 1. The molecule has 166 valence electrons. The molecule has 9 nitrogen and oxygen atoms in total. The summed E-state index contributed by atoms with van der Waals surface area (Å²) < 4.78 is 34.2. The fraction of sp³-hybridized carbons (Fsp3) is 0.130. The number of carbonyl (C=O) groups is 1. The number of aromatic nitrogens is 3. The number of pyridine rings is 1. The standard InChI is InChI=1S/C23H19N5O4S/c29-21(15-10-11-15)25-17-6-4-7-18(14-17)28-33(30,31)19-8-3-5-16(13-19)22-26-27-23(32-22)20-9-1-2-12-24-20/h1-9,12-15,28H,10-11H2,(H,25,29). The predicted octanol–water partition coefficient (Wildman–Crippen LogP) is 3.95.